The van der Waals surface area contributed by atoms with Crippen molar-refractivity contribution < 1.29 is 38.4 Å². The number of carbonyl (C=O) groups is 5. The highest BCUT2D eigenvalue weighted by molar-refractivity contribution is 6.01. The van der Waals surface area contributed by atoms with Crippen molar-refractivity contribution in [3.63, 3.8) is 0 Å². The van der Waals surface area contributed by atoms with E-state index < -0.39 is 41.9 Å². The normalized spacial score (nSPS) is 13.3. The molecule has 1 aliphatic heterocycles. The van der Waals surface area contributed by atoms with Crippen LogP contribution in [0.5, 0.6) is 0 Å². The summed E-state index contributed by atoms with van der Waals surface area (Å²) in [5, 5.41) is 3.71. The van der Waals surface area contributed by atoms with E-state index in [9.17, 15) is 24.0 Å². The van der Waals surface area contributed by atoms with Crippen LogP contribution in [0.4, 0.5) is 10.5 Å². The summed E-state index contributed by atoms with van der Waals surface area (Å²) in [7, 11) is 0. The maximum absolute atomic E-state index is 12.5. The molecule has 0 aliphatic carbocycles. The number of rotatable bonds is 7. The zero-order valence-electron chi connectivity index (χ0n) is 17.4. The highest BCUT2D eigenvalue weighted by Gasteiger charge is 2.33. The number of ether oxygens (including phenoxy) is 1. The van der Waals surface area contributed by atoms with Crippen molar-refractivity contribution in [1.82, 2.24) is 16.1 Å². The minimum Gasteiger partial charge on any atom is -0.428 e. The Labute approximate surface area is 181 Å². The third-order valence-corrected chi connectivity index (χ3v) is 3.94. The first-order valence-corrected chi connectivity index (χ1v) is 9.18. The molecule has 1 aliphatic rings. The van der Waals surface area contributed by atoms with Crippen molar-refractivity contribution in [2.45, 2.75) is 40.2 Å². The molecule has 170 valence electrons. The first-order chi connectivity index (χ1) is 15.0. The Balaban J connectivity index is 2.06. The van der Waals surface area contributed by atoms with E-state index in [1.807, 2.05) is 5.59 Å². The molecule has 32 heavy (non-hydrogen) atoms. The van der Waals surface area contributed by atoms with Gasteiger partial charge in [0, 0.05) is 34.6 Å². The molecule has 14 nitrogen and oxygen atoms in total. The molecule has 1 heterocycles. The number of amides is 3. The Morgan fingerprint density at radius 2 is 1.84 bits per heavy atom. The molecule has 1 fully saturated rings. The van der Waals surface area contributed by atoms with E-state index in [-0.39, 0.29) is 29.7 Å². The topological polar surface area (TPSA) is 189 Å². The zero-order valence-corrected chi connectivity index (χ0v) is 17.4. The van der Waals surface area contributed by atoms with Crippen molar-refractivity contribution in [2.24, 2.45) is 10.5 Å². The lowest BCUT2D eigenvalue weighted by Gasteiger charge is -2.17. The molecular formula is C18H20N6O8. The molecule has 0 radical (unpaired) electrons. The monoisotopic (exact) mass is 448 g/mol. The SMILES string of the molecule is CC(C)(C)C(=O)ONNC(=O)c1cc(N=[N+]=[N-])ccc1COC(=O)ON1C(=O)CCC1=O. The van der Waals surface area contributed by atoms with Gasteiger partial charge < -0.3 is 9.57 Å². The van der Waals surface area contributed by atoms with Crippen molar-refractivity contribution in [3.05, 3.63) is 39.8 Å². The summed E-state index contributed by atoms with van der Waals surface area (Å²) in [6.45, 7) is 4.34. The van der Waals surface area contributed by atoms with E-state index in [1.165, 1.54) is 18.2 Å². The third kappa shape index (κ3) is 6.42. The van der Waals surface area contributed by atoms with Gasteiger partial charge in [0.1, 0.15) is 6.61 Å². The summed E-state index contributed by atoms with van der Waals surface area (Å²) in [5.74, 6) is -2.81. The van der Waals surface area contributed by atoms with Crippen LogP contribution in [0.2, 0.25) is 0 Å². The van der Waals surface area contributed by atoms with E-state index >= 15 is 0 Å². The van der Waals surface area contributed by atoms with Crippen LogP contribution < -0.4 is 11.0 Å². The van der Waals surface area contributed by atoms with Gasteiger partial charge in [0.15, 0.2) is 0 Å². The van der Waals surface area contributed by atoms with Crippen molar-refractivity contribution >= 4 is 35.5 Å². The number of nitrogens with one attached hydrogen (secondary N) is 2. The Morgan fingerprint density at radius 3 is 2.44 bits per heavy atom. The van der Waals surface area contributed by atoms with Crippen LogP contribution in [0.25, 0.3) is 10.4 Å². The molecule has 1 aromatic carbocycles. The maximum atomic E-state index is 12.5. The summed E-state index contributed by atoms with van der Waals surface area (Å²) in [6.07, 6.45) is -1.50. The molecule has 1 saturated heterocycles. The fraction of sp³-hybridized carbons (Fsp3) is 0.389. The molecule has 0 aromatic heterocycles. The van der Waals surface area contributed by atoms with E-state index in [0.29, 0.717) is 5.06 Å². The van der Waals surface area contributed by atoms with Crippen molar-refractivity contribution in [1.29, 1.82) is 0 Å². The lowest BCUT2D eigenvalue weighted by Crippen LogP contribution is -2.41. The predicted octanol–water partition coefficient (Wildman–Crippen LogP) is 2.08. The number of azide groups is 1. The highest BCUT2D eigenvalue weighted by atomic mass is 16.8. The number of benzene rings is 1. The van der Waals surface area contributed by atoms with Crippen LogP contribution in [-0.2, 0) is 35.4 Å². The molecule has 14 heteroatoms. The second-order valence-corrected chi connectivity index (χ2v) is 7.44. The summed E-state index contributed by atoms with van der Waals surface area (Å²) < 4.78 is 4.87. The first-order valence-electron chi connectivity index (χ1n) is 9.18. The lowest BCUT2D eigenvalue weighted by molar-refractivity contribution is -0.177. The summed E-state index contributed by atoms with van der Waals surface area (Å²) in [6, 6.07) is 3.92. The van der Waals surface area contributed by atoms with Crippen LogP contribution in [-0.4, -0.2) is 34.9 Å². The summed E-state index contributed by atoms with van der Waals surface area (Å²) >= 11 is 0. The van der Waals surface area contributed by atoms with E-state index in [1.54, 1.807) is 20.8 Å². The van der Waals surface area contributed by atoms with Gasteiger partial charge >= 0.3 is 12.1 Å². The number of carbonyl (C=O) groups excluding carboxylic acids is 5. The zero-order chi connectivity index (χ0) is 23.9. The first kappa shape index (κ1) is 24.1. The molecule has 1 aromatic rings. The standard InChI is InChI=1S/C18H20N6O8/c1-18(2,3)16(28)31-23-21-15(27)12-8-11(20-22-19)5-4-10(12)9-30-17(29)32-24-13(25)6-7-14(24)26/h4-5,8,23H,6-7,9H2,1-3H3,(H,21,27). The fourth-order valence-corrected chi connectivity index (χ4v) is 2.25. The fourth-order valence-electron chi connectivity index (χ4n) is 2.25. The highest BCUT2D eigenvalue weighted by Crippen LogP contribution is 2.20. The van der Waals surface area contributed by atoms with Crippen LogP contribution in [0, 0.1) is 5.41 Å². The summed E-state index contributed by atoms with van der Waals surface area (Å²) in [4.78, 5) is 71.0. The number of hydroxylamine groups is 2. The molecule has 2 rings (SSSR count). The van der Waals surface area contributed by atoms with Crippen LogP contribution in [0.15, 0.2) is 23.3 Å². The van der Waals surface area contributed by atoms with Crippen LogP contribution in [0.1, 0.15) is 49.5 Å². The van der Waals surface area contributed by atoms with Gasteiger partial charge in [0.25, 0.3) is 17.7 Å². The second-order valence-electron chi connectivity index (χ2n) is 7.44. The number of hydrogen-bond donors (Lipinski definition) is 2. The number of nitrogens with zero attached hydrogens (tertiary/aromatic N) is 4. The number of hydrogen-bond acceptors (Lipinski definition) is 10. The van der Waals surface area contributed by atoms with Gasteiger partial charge in [-0.3, -0.25) is 24.6 Å². The molecule has 0 unspecified atom stereocenters. The van der Waals surface area contributed by atoms with Gasteiger partial charge in [0.2, 0.25) is 0 Å². The van der Waals surface area contributed by atoms with Crippen molar-refractivity contribution in [2.75, 3.05) is 0 Å². The molecular weight excluding hydrogens is 428 g/mol. The smallest absolute Gasteiger partial charge is 0.428 e. The minimum atomic E-state index is -1.34. The summed E-state index contributed by atoms with van der Waals surface area (Å²) in [5.41, 5.74) is 12.1. The van der Waals surface area contributed by atoms with E-state index in [0.717, 1.165) is 0 Å². The molecule has 0 atom stereocenters. The van der Waals surface area contributed by atoms with Gasteiger partial charge in [-0.05, 0) is 32.4 Å². The van der Waals surface area contributed by atoms with Crippen molar-refractivity contribution in [3.8, 4) is 0 Å². The number of hydrazine groups is 1. The molecule has 3 amide bonds. The Kier molecular flexibility index (Phi) is 7.71. The average Bonchev–Trinajstić information content (AvgIpc) is 3.04. The van der Waals surface area contributed by atoms with E-state index in [2.05, 4.69) is 20.3 Å². The minimum absolute atomic E-state index is 0.0793. The predicted molar refractivity (Wildman–Crippen MR) is 104 cm³/mol. The second kappa shape index (κ2) is 10.2. The Morgan fingerprint density at radius 1 is 1.19 bits per heavy atom. The lowest BCUT2D eigenvalue weighted by atomic mass is 9.98. The van der Waals surface area contributed by atoms with Crippen LogP contribution in [0.3, 0.4) is 0 Å². The van der Waals surface area contributed by atoms with Gasteiger partial charge in [0.05, 0.1) is 5.41 Å². The van der Waals surface area contributed by atoms with Gasteiger partial charge in [-0.2, -0.15) is 0 Å². The quantitative estimate of drug-likeness (QED) is 0.157. The van der Waals surface area contributed by atoms with Crippen LogP contribution >= 0.6 is 0 Å². The molecule has 0 spiro atoms. The third-order valence-electron chi connectivity index (χ3n) is 3.94. The molecule has 0 bridgehead atoms. The molecule has 2 N–H and O–H groups in total. The molecule has 0 saturated carbocycles. The maximum Gasteiger partial charge on any atom is 0.534 e. The van der Waals surface area contributed by atoms with Gasteiger partial charge in [-0.15, -0.1) is 0 Å². The van der Waals surface area contributed by atoms with E-state index in [4.69, 9.17) is 15.1 Å². The average molecular weight is 448 g/mol. The Bertz CT molecular complexity index is 980. The van der Waals surface area contributed by atoms with Gasteiger partial charge in [-0.1, -0.05) is 27.9 Å². The number of imide groups is 1. The largest absolute Gasteiger partial charge is 0.534 e. The Hall–Kier alpha value is -4.16. The van der Waals surface area contributed by atoms with Gasteiger partial charge in [-0.25, -0.2) is 9.59 Å².